The Hall–Kier alpha value is -2.83. The van der Waals surface area contributed by atoms with E-state index in [1.807, 2.05) is 40.6 Å². The number of hydrogen-bond acceptors (Lipinski definition) is 5. The fourth-order valence-corrected chi connectivity index (χ4v) is 3.14. The number of piperidine rings is 1. The molecule has 0 N–H and O–H groups in total. The number of fused-ring (bicyclic) bond motifs is 1. The number of aryl methyl sites for hydroxylation is 1. The Balaban J connectivity index is 1.47. The van der Waals surface area contributed by atoms with E-state index in [0.29, 0.717) is 24.7 Å². The number of aromatic nitrogens is 5. The number of pyridine rings is 1. The highest BCUT2D eigenvalue weighted by atomic mass is 16.2. The zero-order valence-electron chi connectivity index (χ0n) is 13.5. The molecule has 3 aromatic rings. The molecule has 0 aromatic carbocycles. The predicted octanol–water partition coefficient (Wildman–Crippen LogP) is 1.85. The van der Waals surface area contributed by atoms with Gasteiger partial charge in [-0.3, -0.25) is 14.2 Å². The third-order valence-corrected chi connectivity index (χ3v) is 4.49. The van der Waals surface area contributed by atoms with E-state index in [-0.39, 0.29) is 5.91 Å². The van der Waals surface area contributed by atoms with Crippen LogP contribution in [0.4, 0.5) is 0 Å². The average molecular weight is 322 g/mol. The smallest absolute Gasteiger partial charge is 0.274 e. The summed E-state index contributed by atoms with van der Waals surface area (Å²) >= 11 is 0. The van der Waals surface area contributed by atoms with Gasteiger partial charge in [0, 0.05) is 31.4 Å². The lowest BCUT2D eigenvalue weighted by Gasteiger charge is -2.31. The van der Waals surface area contributed by atoms with Gasteiger partial charge in [-0.05, 0) is 31.9 Å². The molecule has 0 aliphatic carbocycles. The van der Waals surface area contributed by atoms with Crippen molar-refractivity contribution in [1.29, 1.82) is 0 Å². The normalized spacial score (nSPS) is 15.8. The third-order valence-electron chi connectivity index (χ3n) is 4.49. The molecule has 0 unspecified atom stereocenters. The number of carbonyl (C=O) groups excluding carboxylic acids is 1. The van der Waals surface area contributed by atoms with Crippen molar-refractivity contribution >= 4 is 11.6 Å². The van der Waals surface area contributed by atoms with E-state index in [9.17, 15) is 4.79 Å². The molecule has 4 rings (SSSR count). The van der Waals surface area contributed by atoms with Crippen LogP contribution in [0.3, 0.4) is 0 Å². The van der Waals surface area contributed by atoms with Crippen LogP contribution in [-0.2, 0) is 0 Å². The number of amides is 1. The van der Waals surface area contributed by atoms with Crippen LogP contribution in [0.5, 0.6) is 0 Å². The van der Waals surface area contributed by atoms with Gasteiger partial charge in [0.05, 0.1) is 11.9 Å². The molecule has 0 spiro atoms. The van der Waals surface area contributed by atoms with Gasteiger partial charge in [-0.25, -0.2) is 4.98 Å². The van der Waals surface area contributed by atoms with Gasteiger partial charge < -0.3 is 4.90 Å². The molecule has 24 heavy (non-hydrogen) atoms. The van der Waals surface area contributed by atoms with Crippen LogP contribution in [0.15, 0.2) is 36.8 Å². The minimum atomic E-state index is -0.0490. The highest BCUT2D eigenvalue weighted by molar-refractivity contribution is 5.92. The van der Waals surface area contributed by atoms with Crippen LogP contribution in [0.25, 0.3) is 5.65 Å². The molecule has 1 fully saturated rings. The number of hydrogen-bond donors (Lipinski definition) is 0. The Morgan fingerprint density at radius 2 is 1.96 bits per heavy atom. The van der Waals surface area contributed by atoms with E-state index >= 15 is 0 Å². The van der Waals surface area contributed by atoms with Gasteiger partial charge in [0.1, 0.15) is 11.5 Å². The summed E-state index contributed by atoms with van der Waals surface area (Å²) < 4.78 is 2.04. The van der Waals surface area contributed by atoms with E-state index in [2.05, 4.69) is 20.2 Å². The lowest BCUT2D eigenvalue weighted by Crippen LogP contribution is -2.38. The summed E-state index contributed by atoms with van der Waals surface area (Å²) in [7, 11) is 0. The average Bonchev–Trinajstić information content (AvgIpc) is 3.06. The van der Waals surface area contributed by atoms with Crippen LogP contribution < -0.4 is 0 Å². The van der Waals surface area contributed by atoms with Crippen molar-refractivity contribution in [3.05, 3.63) is 54.0 Å². The van der Waals surface area contributed by atoms with E-state index in [1.54, 1.807) is 12.4 Å². The summed E-state index contributed by atoms with van der Waals surface area (Å²) in [6, 6.07) is 5.89. The number of carbonyl (C=O) groups is 1. The molecule has 1 aliphatic rings. The minimum Gasteiger partial charge on any atom is -0.337 e. The van der Waals surface area contributed by atoms with Gasteiger partial charge >= 0.3 is 0 Å². The highest BCUT2D eigenvalue weighted by Crippen LogP contribution is 2.27. The monoisotopic (exact) mass is 322 g/mol. The van der Waals surface area contributed by atoms with Crippen molar-refractivity contribution in [3.63, 3.8) is 0 Å². The number of rotatable bonds is 2. The molecule has 7 nitrogen and oxygen atoms in total. The van der Waals surface area contributed by atoms with Gasteiger partial charge in [-0.1, -0.05) is 6.07 Å². The highest BCUT2D eigenvalue weighted by Gasteiger charge is 2.27. The largest absolute Gasteiger partial charge is 0.337 e. The second-order valence-corrected chi connectivity index (χ2v) is 6.10. The first-order chi connectivity index (χ1) is 11.7. The Morgan fingerprint density at radius 1 is 1.12 bits per heavy atom. The number of nitrogens with zero attached hydrogens (tertiary/aromatic N) is 6. The first kappa shape index (κ1) is 14.7. The van der Waals surface area contributed by atoms with Gasteiger partial charge in [0.15, 0.2) is 5.65 Å². The molecule has 122 valence electrons. The fraction of sp³-hybridized carbons (Fsp3) is 0.353. The zero-order valence-corrected chi connectivity index (χ0v) is 13.5. The van der Waals surface area contributed by atoms with Crippen molar-refractivity contribution in [2.24, 2.45) is 0 Å². The molecule has 0 radical (unpaired) electrons. The van der Waals surface area contributed by atoms with E-state index in [1.165, 1.54) is 0 Å². The predicted molar refractivity (Wildman–Crippen MR) is 87.6 cm³/mol. The van der Waals surface area contributed by atoms with Crippen molar-refractivity contribution in [2.45, 2.75) is 25.7 Å². The quantitative estimate of drug-likeness (QED) is 0.719. The molecular weight excluding hydrogens is 304 g/mol. The first-order valence-corrected chi connectivity index (χ1v) is 8.10. The maximum Gasteiger partial charge on any atom is 0.274 e. The van der Waals surface area contributed by atoms with E-state index in [0.717, 1.165) is 30.0 Å². The second-order valence-electron chi connectivity index (χ2n) is 6.10. The van der Waals surface area contributed by atoms with Gasteiger partial charge in [0.25, 0.3) is 5.91 Å². The van der Waals surface area contributed by atoms with Crippen LogP contribution in [0.2, 0.25) is 0 Å². The minimum absolute atomic E-state index is 0.0490. The van der Waals surface area contributed by atoms with E-state index < -0.39 is 0 Å². The summed E-state index contributed by atoms with van der Waals surface area (Å²) in [6.45, 7) is 3.25. The summed E-state index contributed by atoms with van der Waals surface area (Å²) in [6.07, 6.45) is 6.92. The summed E-state index contributed by atoms with van der Waals surface area (Å²) in [5.74, 6) is 1.25. The molecule has 0 bridgehead atoms. The molecule has 3 aromatic heterocycles. The standard InChI is InChI=1S/C17H18N6O/c1-12-10-19-14(11-18-12)17(24)22-8-5-13(6-9-22)16-21-20-15-4-2-3-7-23(15)16/h2-4,7,10-11,13H,5-6,8-9H2,1H3. The van der Waals surface area contributed by atoms with Crippen molar-refractivity contribution < 1.29 is 4.79 Å². The van der Waals surface area contributed by atoms with Crippen LogP contribution in [0.1, 0.15) is 40.8 Å². The van der Waals surface area contributed by atoms with Crippen LogP contribution in [0, 0.1) is 6.92 Å². The van der Waals surface area contributed by atoms with Crippen molar-refractivity contribution in [2.75, 3.05) is 13.1 Å². The van der Waals surface area contributed by atoms with Crippen molar-refractivity contribution in [1.82, 2.24) is 29.5 Å². The third kappa shape index (κ3) is 2.62. The summed E-state index contributed by atoms with van der Waals surface area (Å²) in [5, 5.41) is 8.56. The molecular formula is C17H18N6O. The van der Waals surface area contributed by atoms with Gasteiger partial charge in [-0.2, -0.15) is 0 Å². The summed E-state index contributed by atoms with van der Waals surface area (Å²) in [4.78, 5) is 22.7. The summed E-state index contributed by atoms with van der Waals surface area (Å²) in [5.41, 5.74) is 2.08. The molecule has 1 aliphatic heterocycles. The zero-order chi connectivity index (χ0) is 16.5. The molecule has 0 atom stereocenters. The topological polar surface area (TPSA) is 76.3 Å². The Bertz CT molecular complexity index is 864. The van der Waals surface area contributed by atoms with Crippen LogP contribution >= 0.6 is 0 Å². The fourth-order valence-electron chi connectivity index (χ4n) is 3.14. The molecule has 1 amide bonds. The maximum absolute atomic E-state index is 12.5. The maximum atomic E-state index is 12.5. The lowest BCUT2D eigenvalue weighted by atomic mass is 9.96. The molecule has 4 heterocycles. The molecule has 0 saturated carbocycles. The van der Waals surface area contributed by atoms with Gasteiger partial charge in [0.2, 0.25) is 0 Å². The second kappa shape index (κ2) is 5.99. The van der Waals surface area contributed by atoms with E-state index in [4.69, 9.17) is 0 Å². The Labute approximate surface area is 139 Å². The Kier molecular flexibility index (Phi) is 3.68. The SMILES string of the molecule is Cc1cnc(C(=O)N2CCC(c3nnc4ccccn34)CC2)cn1. The Morgan fingerprint density at radius 3 is 2.71 bits per heavy atom. The lowest BCUT2D eigenvalue weighted by molar-refractivity contribution is 0.0704. The first-order valence-electron chi connectivity index (χ1n) is 8.10. The van der Waals surface area contributed by atoms with Crippen LogP contribution in [-0.4, -0.2) is 48.5 Å². The van der Waals surface area contributed by atoms with Gasteiger partial charge in [-0.15, -0.1) is 10.2 Å². The molecule has 7 heteroatoms. The van der Waals surface area contributed by atoms with Crippen molar-refractivity contribution in [3.8, 4) is 0 Å². The number of likely N-dealkylation sites (tertiary alicyclic amines) is 1. The molecule has 1 saturated heterocycles.